The monoisotopic (exact) mass is 1010 g/mol. The summed E-state index contributed by atoms with van der Waals surface area (Å²) in [7, 11) is 0. The zero-order chi connectivity index (χ0) is 52.9. The number of rotatable bonds is 51. The topological polar surface area (TPSA) is 78.9 Å². The molecule has 0 amide bonds. The second-order valence-corrected chi connectivity index (χ2v) is 18.8. The van der Waals surface area contributed by atoms with E-state index >= 15 is 0 Å². The van der Waals surface area contributed by atoms with Crippen molar-refractivity contribution in [1.29, 1.82) is 0 Å². The molecule has 0 saturated heterocycles. The van der Waals surface area contributed by atoms with Gasteiger partial charge in [0.2, 0.25) is 0 Å². The number of carbonyl (C=O) groups excluding carboxylic acids is 3. The molecule has 0 bridgehead atoms. The first kappa shape index (κ1) is 68.3. The van der Waals surface area contributed by atoms with Crippen LogP contribution in [0, 0.1) is 0 Å². The van der Waals surface area contributed by atoms with E-state index in [9.17, 15) is 14.4 Å². The Labute approximate surface area is 448 Å². The molecule has 0 spiro atoms. The Morgan fingerprint density at radius 2 is 0.534 bits per heavy atom. The van der Waals surface area contributed by atoms with E-state index in [-0.39, 0.29) is 31.1 Å². The minimum absolute atomic E-state index is 0.0942. The van der Waals surface area contributed by atoms with E-state index in [1.807, 2.05) is 0 Å². The number of hydrogen-bond acceptors (Lipinski definition) is 6. The van der Waals surface area contributed by atoms with Crippen LogP contribution < -0.4 is 0 Å². The van der Waals surface area contributed by atoms with Crippen LogP contribution in [0.1, 0.15) is 239 Å². The van der Waals surface area contributed by atoms with Gasteiger partial charge < -0.3 is 14.2 Å². The maximum Gasteiger partial charge on any atom is 0.306 e. The fourth-order valence-corrected chi connectivity index (χ4v) is 7.51. The molecule has 410 valence electrons. The Morgan fingerprint density at radius 1 is 0.288 bits per heavy atom. The molecule has 0 aromatic carbocycles. The van der Waals surface area contributed by atoms with Crippen molar-refractivity contribution < 1.29 is 28.6 Å². The van der Waals surface area contributed by atoms with E-state index < -0.39 is 6.10 Å². The van der Waals surface area contributed by atoms with E-state index in [1.165, 1.54) is 25.7 Å². The van der Waals surface area contributed by atoms with Crippen molar-refractivity contribution in [3.63, 3.8) is 0 Å². The van der Waals surface area contributed by atoms with E-state index in [1.54, 1.807) is 0 Å². The van der Waals surface area contributed by atoms with Crippen LogP contribution in [0.3, 0.4) is 0 Å². The summed E-state index contributed by atoms with van der Waals surface area (Å²) < 4.78 is 16.7. The molecular formula is C67H106O6. The van der Waals surface area contributed by atoms with Gasteiger partial charge in [0.05, 0.1) is 0 Å². The highest BCUT2D eigenvalue weighted by Gasteiger charge is 2.19. The van der Waals surface area contributed by atoms with Gasteiger partial charge in [-0.25, -0.2) is 0 Å². The van der Waals surface area contributed by atoms with Crippen molar-refractivity contribution in [3.05, 3.63) is 146 Å². The first-order chi connectivity index (χ1) is 36.0. The molecule has 6 heteroatoms. The highest BCUT2D eigenvalue weighted by Crippen LogP contribution is 2.13. The van der Waals surface area contributed by atoms with Gasteiger partial charge in [0.15, 0.2) is 6.10 Å². The standard InChI is InChI=1S/C67H106O6/c1-4-7-10-13-15-17-19-21-23-25-27-28-29-30-31-32-33-34-35-36-37-38-40-41-43-45-47-49-51-54-57-60-66(69)72-63-64(62-71-65(68)59-56-53-12-9-6-3)73-67(70)61-58-55-52-50-48-46-44-42-39-26-24-22-20-18-16-14-11-8-5-2/h7-8,10-11,15-18,21-24,27-28,30-31,33-34,36-37,39-42,64H,4-6,9,12-14,19-20,25-26,29,32,35,38,43-63H2,1-3H3/b10-7-,11-8-,17-15-,18-16-,23-21-,24-22-,28-27-,31-30-,34-33-,37-36-,41-40-,42-39-. The van der Waals surface area contributed by atoms with Crippen molar-refractivity contribution in [2.45, 2.75) is 245 Å². The fourth-order valence-electron chi connectivity index (χ4n) is 7.51. The van der Waals surface area contributed by atoms with Crippen LogP contribution in [0.15, 0.2) is 146 Å². The van der Waals surface area contributed by atoms with Crippen LogP contribution >= 0.6 is 0 Å². The van der Waals surface area contributed by atoms with Crippen LogP contribution in [0.5, 0.6) is 0 Å². The first-order valence-corrected chi connectivity index (χ1v) is 29.3. The van der Waals surface area contributed by atoms with Crippen LogP contribution in [0.25, 0.3) is 0 Å². The van der Waals surface area contributed by atoms with Crippen molar-refractivity contribution in [2.75, 3.05) is 13.2 Å². The molecule has 0 aliphatic rings. The highest BCUT2D eigenvalue weighted by atomic mass is 16.6. The molecule has 6 nitrogen and oxygen atoms in total. The Bertz CT molecular complexity index is 1630. The van der Waals surface area contributed by atoms with Gasteiger partial charge in [0, 0.05) is 19.3 Å². The molecule has 1 unspecified atom stereocenters. The molecule has 0 radical (unpaired) electrons. The van der Waals surface area contributed by atoms with E-state index in [2.05, 4.69) is 167 Å². The number of allylic oxidation sites excluding steroid dienone is 24. The quantitative estimate of drug-likeness (QED) is 0.0261. The van der Waals surface area contributed by atoms with Gasteiger partial charge in [-0.3, -0.25) is 14.4 Å². The van der Waals surface area contributed by atoms with E-state index in [4.69, 9.17) is 14.2 Å². The van der Waals surface area contributed by atoms with Gasteiger partial charge >= 0.3 is 17.9 Å². The predicted molar refractivity (Wildman–Crippen MR) is 315 cm³/mol. The van der Waals surface area contributed by atoms with Crippen LogP contribution in [-0.2, 0) is 28.6 Å². The minimum Gasteiger partial charge on any atom is -0.462 e. The second-order valence-electron chi connectivity index (χ2n) is 18.8. The van der Waals surface area contributed by atoms with Gasteiger partial charge in [-0.05, 0) is 122 Å². The molecule has 0 rings (SSSR count). The SMILES string of the molecule is CC/C=C\C/C=C\C/C=C\C/C=C\C/C=C\C/C=C\C/C=C\C/C=C\CCCCCCCCC(=O)OCC(COC(=O)CCCCCCC)OC(=O)CCCCCCCC/C=C\C/C=C\C/C=C\C/C=C\CC. The van der Waals surface area contributed by atoms with Crippen molar-refractivity contribution >= 4 is 17.9 Å². The van der Waals surface area contributed by atoms with Gasteiger partial charge in [-0.15, -0.1) is 0 Å². The lowest BCUT2D eigenvalue weighted by Gasteiger charge is -2.18. The molecule has 1 atom stereocenters. The molecular weight excluding hydrogens is 901 g/mol. The molecule has 0 aliphatic heterocycles. The number of hydrogen-bond donors (Lipinski definition) is 0. The molecule has 0 saturated carbocycles. The van der Waals surface area contributed by atoms with Gasteiger partial charge in [-0.2, -0.15) is 0 Å². The Kier molecular flexibility index (Phi) is 56.0. The summed E-state index contributed by atoms with van der Waals surface area (Å²) in [6.07, 6.45) is 86.0. The molecule has 0 heterocycles. The molecule has 73 heavy (non-hydrogen) atoms. The largest absolute Gasteiger partial charge is 0.462 e. The van der Waals surface area contributed by atoms with Crippen molar-refractivity contribution in [1.82, 2.24) is 0 Å². The van der Waals surface area contributed by atoms with Gasteiger partial charge in [-0.1, -0.05) is 244 Å². The lowest BCUT2D eigenvalue weighted by Crippen LogP contribution is -2.30. The first-order valence-electron chi connectivity index (χ1n) is 29.3. The van der Waals surface area contributed by atoms with E-state index in [0.29, 0.717) is 19.3 Å². The Hall–Kier alpha value is -4.71. The van der Waals surface area contributed by atoms with Crippen molar-refractivity contribution in [2.24, 2.45) is 0 Å². The summed E-state index contributed by atoms with van der Waals surface area (Å²) in [4.78, 5) is 37.8. The van der Waals surface area contributed by atoms with Crippen LogP contribution in [0.2, 0.25) is 0 Å². The number of ether oxygens (including phenoxy) is 3. The minimum atomic E-state index is -0.794. The third-order valence-corrected chi connectivity index (χ3v) is 11.8. The molecule has 0 N–H and O–H groups in total. The summed E-state index contributed by atoms with van der Waals surface area (Å²) in [5.74, 6) is -0.944. The highest BCUT2D eigenvalue weighted by molar-refractivity contribution is 5.71. The Balaban J connectivity index is 4.17. The maximum absolute atomic E-state index is 12.8. The lowest BCUT2D eigenvalue weighted by molar-refractivity contribution is -0.167. The van der Waals surface area contributed by atoms with Gasteiger partial charge in [0.1, 0.15) is 13.2 Å². The molecule has 0 aromatic heterocycles. The maximum atomic E-state index is 12.8. The number of carbonyl (C=O) groups is 3. The van der Waals surface area contributed by atoms with E-state index in [0.717, 1.165) is 173 Å². The molecule has 0 fully saturated rings. The predicted octanol–water partition coefficient (Wildman–Crippen LogP) is 20.0. The number of esters is 3. The fraction of sp³-hybridized carbons (Fsp3) is 0.597. The second kappa shape index (κ2) is 59.8. The number of unbranched alkanes of at least 4 members (excludes halogenated alkanes) is 16. The molecule has 0 aliphatic carbocycles. The smallest absolute Gasteiger partial charge is 0.306 e. The zero-order valence-corrected chi connectivity index (χ0v) is 46.8. The lowest BCUT2D eigenvalue weighted by atomic mass is 10.1. The summed E-state index contributed by atoms with van der Waals surface area (Å²) in [5.41, 5.74) is 0. The van der Waals surface area contributed by atoms with Gasteiger partial charge in [0.25, 0.3) is 0 Å². The third kappa shape index (κ3) is 58.1. The summed E-state index contributed by atoms with van der Waals surface area (Å²) in [6.45, 7) is 6.29. The molecule has 0 aromatic rings. The average Bonchev–Trinajstić information content (AvgIpc) is 3.39. The third-order valence-electron chi connectivity index (χ3n) is 11.8. The van der Waals surface area contributed by atoms with Crippen LogP contribution in [0.4, 0.5) is 0 Å². The normalized spacial score (nSPS) is 13.2. The summed E-state index contributed by atoms with van der Waals surface area (Å²) in [5, 5.41) is 0. The summed E-state index contributed by atoms with van der Waals surface area (Å²) in [6, 6.07) is 0. The van der Waals surface area contributed by atoms with Crippen molar-refractivity contribution in [3.8, 4) is 0 Å². The Morgan fingerprint density at radius 3 is 0.836 bits per heavy atom. The van der Waals surface area contributed by atoms with Crippen LogP contribution in [-0.4, -0.2) is 37.2 Å². The summed E-state index contributed by atoms with van der Waals surface area (Å²) >= 11 is 0. The average molecular weight is 1010 g/mol. The zero-order valence-electron chi connectivity index (χ0n) is 46.8.